The molecule has 1 fully saturated rings. The van der Waals surface area contributed by atoms with Crippen LogP contribution in [0.4, 0.5) is 5.82 Å². The molecule has 0 radical (unpaired) electrons. The van der Waals surface area contributed by atoms with Crippen molar-refractivity contribution in [2.75, 3.05) is 18.0 Å². The minimum absolute atomic E-state index is 0.248. The van der Waals surface area contributed by atoms with Gasteiger partial charge >= 0.3 is 5.97 Å². The van der Waals surface area contributed by atoms with Crippen molar-refractivity contribution in [2.24, 2.45) is 0 Å². The van der Waals surface area contributed by atoms with Gasteiger partial charge in [0.2, 0.25) is 5.91 Å². The van der Waals surface area contributed by atoms with Crippen LogP contribution in [0, 0.1) is 0 Å². The minimum Gasteiger partial charge on any atom is -0.481 e. The van der Waals surface area contributed by atoms with Crippen LogP contribution in [0.2, 0.25) is 0 Å². The fourth-order valence-corrected chi connectivity index (χ4v) is 1.80. The molecule has 1 aromatic rings. The molecule has 0 spiro atoms. The number of aliphatic carboxylic acids is 1. The molecule has 2 N–H and O–H groups in total. The molecule has 0 aromatic carbocycles. The summed E-state index contributed by atoms with van der Waals surface area (Å²) < 4.78 is 0. The van der Waals surface area contributed by atoms with Gasteiger partial charge in [-0.05, 0) is 0 Å². The largest absolute Gasteiger partial charge is 0.481 e. The second kappa shape index (κ2) is 4.77. The molecule has 90 valence electrons. The maximum absolute atomic E-state index is 11.6. The Morgan fingerprint density at radius 3 is 3.06 bits per heavy atom. The number of aromatic nitrogens is 2. The van der Waals surface area contributed by atoms with Crippen LogP contribution < -0.4 is 10.2 Å². The Balaban J connectivity index is 2.23. The number of piperazine rings is 1. The van der Waals surface area contributed by atoms with Crippen LogP contribution in [0.1, 0.15) is 6.42 Å². The van der Waals surface area contributed by atoms with Crippen LogP contribution in [0.3, 0.4) is 0 Å². The molecule has 0 saturated carbocycles. The van der Waals surface area contributed by atoms with Gasteiger partial charge in [0.25, 0.3) is 0 Å². The third-order valence-electron chi connectivity index (χ3n) is 2.54. The molecule has 2 rings (SSSR count). The molecular weight excluding hydrogens is 224 g/mol. The normalized spacial score (nSPS) is 19.9. The first kappa shape index (κ1) is 11.3. The van der Waals surface area contributed by atoms with E-state index in [1.807, 2.05) is 0 Å². The van der Waals surface area contributed by atoms with Gasteiger partial charge in [-0.2, -0.15) is 0 Å². The minimum atomic E-state index is -1.01. The van der Waals surface area contributed by atoms with Crippen LogP contribution >= 0.6 is 0 Å². The van der Waals surface area contributed by atoms with E-state index < -0.39 is 12.0 Å². The number of hydrogen-bond donors (Lipinski definition) is 2. The van der Waals surface area contributed by atoms with E-state index in [2.05, 4.69) is 15.3 Å². The Kier molecular flexibility index (Phi) is 3.17. The number of nitrogens with one attached hydrogen (secondary N) is 1. The predicted molar refractivity (Wildman–Crippen MR) is 58.4 cm³/mol. The van der Waals surface area contributed by atoms with Crippen molar-refractivity contribution in [3.8, 4) is 0 Å². The maximum atomic E-state index is 11.6. The van der Waals surface area contributed by atoms with E-state index in [4.69, 9.17) is 5.11 Å². The van der Waals surface area contributed by atoms with Crippen molar-refractivity contribution >= 4 is 17.7 Å². The van der Waals surface area contributed by atoms with E-state index >= 15 is 0 Å². The topological polar surface area (TPSA) is 95.4 Å². The summed E-state index contributed by atoms with van der Waals surface area (Å²) >= 11 is 0. The fourth-order valence-electron chi connectivity index (χ4n) is 1.80. The summed E-state index contributed by atoms with van der Waals surface area (Å²) in [6.45, 7) is 1.01. The lowest BCUT2D eigenvalue weighted by atomic mass is 10.1. The van der Waals surface area contributed by atoms with Crippen LogP contribution in [0.15, 0.2) is 18.6 Å². The monoisotopic (exact) mass is 236 g/mol. The zero-order valence-corrected chi connectivity index (χ0v) is 9.04. The van der Waals surface area contributed by atoms with Crippen LogP contribution in [0.5, 0.6) is 0 Å². The molecule has 1 amide bonds. The van der Waals surface area contributed by atoms with Crippen molar-refractivity contribution in [1.29, 1.82) is 0 Å². The summed E-state index contributed by atoms with van der Waals surface area (Å²) in [4.78, 5) is 32.1. The summed E-state index contributed by atoms with van der Waals surface area (Å²) in [5, 5.41) is 11.5. The molecule has 17 heavy (non-hydrogen) atoms. The second-order valence-electron chi connectivity index (χ2n) is 3.66. The standard InChI is InChI=1S/C10H12N4O3/c15-9(16)5-7-10(17)13-3-4-14(7)8-6-11-1-2-12-8/h1-2,6-7H,3-5H2,(H,13,17)(H,15,16). The number of carbonyl (C=O) groups excluding carboxylic acids is 1. The molecule has 0 bridgehead atoms. The lowest BCUT2D eigenvalue weighted by Crippen LogP contribution is -2.56. The van der Waals surface area contributed by atoms with Gasteiger partial charge in [-0.1, -0.05) is 0 Å². The smallest absolute Gasteiger partial charge is 0.305 e. The van der Waals surface area contributed by atoms with Gasteiger partial charge in [0.05, 0.1) is 12.6 Å². The summed E-state index contributed by atoms with van der Waals surface area (Å²) in [5.41, 5.74) is 0. The van der Waals surface area contributed by atoms with Crippen LogP contribution in [-0.4, -0.2) is 46.1 Å². The number of carboxylic acid groups (broad SMARTS) is 1. The van der Waals surface area contributed by atoms with E-state index in [1.54, 1.807) is 4.90 Å². The first-order valence-electron chi connectivity index (χ1n) is 5.20. The first-order chi connectivity index (χ1) is 8.18. The number of carboxylic acids is 1. The quantitative estimate of drug-likeness (QED) is 0.717. The van der Waals surface area contributed by atoms with Crippen molar-refractivity contribution in [3.63, 3.8) is 0 Å². The molecule has 0 aliphatic carbocycles. The molecule has 7 nitrogen and oxygen atoms in total. The number of hydrogen-bond acceptors (Lipinski definition) is 5. The molecule has 1 atom stereocenters. The van der Waals surface area contributed by atoms with E-state index in [0.717, 1.165) is 0 Å². The molecule has 1 aliphatic heterocycles. The zero-order valence-electron chi connectivity index (χ0n) is 9.04. The van der Waals surface area contributed by atoms with E-state index in [1.165, 1.54) is 18.6 Å². The Hall–Kier alpha value is -2.18. The molecule has 7 heteroatoms. The summed E-state index contributed by atoms with van der Waals surface area (Å²) in [5.74, 6) is -0.779. The number of rotatable bonds is 3. The predicted octanol–water partition coefficient (Wildman–Crippen LogP) is -0.744. The average molecular weight is 236 g/mol. The highest BCUT2D eigenvalue weighted by Gasteiger charge is 2.32. The molecule has 2 heterocycles. The number of carbonyl (C=O) groups is 2. The lowest BCUT2D eigenvalue weighted by molar-refractivity contribution is -0.139. The van der Waals surface area contributed by atoms with Crippen LogP contribution in [-0.2, 0) is 9.59 Å². The lowest BCUT2D eigenvalue weighted by Gasteiger charge is -2.34. The highest BCUT2D eigenvalue weighted by molar-refractivity contribution is 5.89. The third kappa shape index (κ3) is 2.49. The maximum Gasteiger partial charge on any atom is 0.305 e. The van der Waals surface area contributed by atoms with Gasteiger partial charge in [-0.15, -0.1) is 0 Å². The Morgan fingerprint density at radius 1 is 1.59 bits per heavy atom. The average Bonchev–Trinajstić information content (AvgIpc) is 2.32. The van der Waals surface area contributed by atoms with E-state index in [-0.39, 0.29) is 12.3 Å². The number of anilines is 1. The van der Waals surface area contributed by atoms with Crippen molar-refractivity contribution in [3.05, 3.63) is 18.6 Å². The van der Waals surface area contributed by atoms with Gasteiger partial charge < -0.3 is 15.3 Å². The zero-order chi connectivity index (χ0) is 12.3. The van der Waals surface area contributed by atoms with Gasteiger partial charge in [0, 0.05) is 25.5 Å². The number of nitrogens with zero attached hydrogens (tertiary/aromatic N) is 3. The second-order valence-corrected chi connectivity index (χ2v) is 3.66. The molecule has 1 unspecified atom stereocenters. The van der Waals surface area contributed by atoms with Gasteiger partial charge in [0.15, 0.2) is 0 Å². The summed E-state index contributed by atoms with van der Waals surface area (Å²) in [6, 6.07) is -0.724. The molecule has 1 aromatic heterocycles. The van der Waals surface area contributed by atoms with Gasteiger partial charge in [-0.25, -0.2) is 4.98 Å². The summed E-state index contributed by atoms with van der Waals surface area (Å²) in [6.07, 6.45) is 4.31. The van der Waals surface area contributed by atoms with E-state index in [0.29, 0.717) is 18.9 Å². The number of amides is 1. The molecule has 1 saturated heterocycles. The first-order valence-corrected chi connectivity index (χ1v) is 5.20. The van der Waals surface area contributed by atoms with E-state index in [9.17, 15) is 9.59 Å². The Labute approximate surface area is 97.5 Å². The fraction of sp³-hybridized carbons (Fsp3) is 0.400. The highest BCUT2D eigenvalue weighted by atomic mass is 16.4. The van der Waals surface area contributed by atoms with Crippen molar-refractivity contribution in [2.45, 2.75) is 12.5 Å². The van der Waals surface area contributed by atoms with Crippen molar-refractivity contribution < 1.29 is 14.7 Å². The molecular formula is C10H12N4O3. The van der Waals surface area contributed by atoms with Crippen molar-refractivity contribution in [1.82, 2.24) is 15.3 Å². The highest BCUT2D eigenvalue weighted by Crippen LogP contribution is 2.16. The Morgan fingerprint density at radius 2 is 2.41 bits per heavy atom. The summed E-state index contributed by atoms with van der Waals surface area (Å²) in [7, 11) is 0. The van der Waals surface area contributed by atoms with Gasteiger partial charge in [0.1, 0.15) is 11.9 Å². The Bertz CT molecular complexity index is 423. The van der Waals surface area contributed by atoms with Gasteiger partial charge in [-0.3, -0.25) is 14.6 Å². The van der Waals surface area contributed by atoms with Crippen LogP contribution in [0.25, 0.3) is 0 Å². The SMILES string of the molecule is O=C(O)CC1C(=O)NCCN1c1cnccn1. The third-order valence-corrected chi connectivity index (χ3v) is 2.54. The molecule has 1 aliphatic rings.